The lowest BCUT2D eigenvalue weighted by Crippen LogP contribution is -2.36. The summed E-state index contributed by atoms with van der Waals surface area (Å²) in [5.41, 5.74) is 5.11. The van der Waals surface area contributed by atoms with Gasteiger partial charge >= 0.3 is 0 Å². The highest BCUT2D eigenvalue weighted by atomic mass is 19.2. The number of nitrogens with one attached hydrogen (secondary N) is 1. The largest absolute Gasteiger partial charge is 0.334 e. The van der Waals surface area contributed by atoms with Gasteiger partial charge in [-0.1, -0.05) is 42.5 Å². The molecule has 0 bridgehead atoms. The lowest BCUT2D eigenvalue weighted by Gasteiger charge is -2.30. The van der Waals surface area contributed by atoms with Crippen LogP contribution in [0.2, 0.25) is 0 Å². The number of hydroxylamine groups is 1. The molecule has 1 heterocycles. The van der Waals surface area contributed by atoms with Gasteiger partial charge < -0.3 is 4.90 Å². The van der Waals surface area contributed by atoms with Crippen LogP contribution in [0.15, 0.2) is 66.7 Å². The summed E-state index contributed by atoms with van der Waals surface area (Å²) in [6.07, 6.45) is 2.15. The van der Waals surface area contributed by atoms with Gasteiger partial charge in [0.2, 0.25) is 0 Å². The maximum atomic E-state index is 13.7. The first-order valence-electron chi connectivity index (χ1n) is 10.0. The Bertz CT molecular complexity index is 1210. The zero-order chi connectivity index (χ0) is 22.7. The van der Waals surface area contributed by atoms with Gasteiger partial charge in [-0.25, -0.2) is 14.3 Å². The molecule has 1 aliphatic rings. The Morgan fingerprint density at radius 3 is 2.41 bits per heavy atom. The summed E-state index contributed by atoms with van der Waals surface area (Å²) in [7, 11) is 0. The van der Waals surface area contributed by atoms with Gasteiger partial charge in [0, 0.05) is 24.2 Å². The number of hydrogen-bond acceptors (Lipinski definition) is 3. The number of amides is 2. The van der Waals surface area contributed by atoms with Crippen LogP contribution in [0.5, 0.6) is 0 Å². The first-order chi connectivity index (χ1) is 15.5. The van der Waals surface area contributed by atoms with Crippen molar-refractivity contribution < 1.29 is 23.6 Å². The molecule has 0 unspecified atom stereocenters. The predicted molar refractivity (Wildman–Crippen MR) is 115 cm³/mol. The molecule has 0 aromatic heterocycles. The van der Waals surface area contributed by atoms with Crippen molar-refractivity contribution in [1.82, 2.24) is 10.4 Å². The monoisotopic (exact) mass is 434 g/mol. The number of carbonyl (C=O) groups excluding carboxylic acids is 2. The molecule has 7 heteroatoms. The maximum absolute atomic E-state index is 13.7. The number of rotatable bonds is 4. The first-order valence-corrected chi connectivity index (χ1v) is 10.0. The molecule has 0 saturated heterocycles. The van der Waals surface area contributed by atoms with Gasteiger partial charge in [0.15, 0.2) is 11.6 Å². The van der Waals surface area contributed by atoms with Gasteiger partial charge in [0.25, 0.3) is 11.8 Å². The number of hydrogen-bond donors (Lipinski definition) is 2. The van der Waals surface area contributed by atoms with Crippen LogP contribution in [-0.4, -0.2) is 28.5 Å². The molecule has 162 valence electrons. The standard InChI is InChI=1S/C25H20F2N2O3/c26-22-9-6-16(13-23(22)27)12-21(18-4-2-1-3-5-18)25(31)29-11-10-17-7-8-19(24(30)28-32)14-20(17)15-29/h1-9,12-14,32H,10-11,15H2,(H,28,30)/b21-12+. The van der Waals surface area contributed by atoms with E-state index in [1.165, 1.54) is 6.07 Å². The van der Waals surface area contributed by atoms with Crippen molar-refractivity contribution in [3.05, 3.63) is 106 Å². The molecule has 0 saturated carbocycles. The number of halogens is 2. The third kappa shape index (κ3) is 4.43. The number of carbonyl (C=O) groups is 2. The number of nitrogens with zero attached hydrogens (tertiary/aromatic N) is 1. The van der Waals surface area contributed by atoms with E-state index in [1.807, 2.05) is 12.1 Å². The van der Waals surface area contributed by atoms with E-state index in [0.717, 1.165) is 23.3 Å². The van der Waals surface area contributed by atoms with Crippen molar-refractivity contribution in [1.29, 1.82) is 0 Å². The Balaban J connectivity index is 1.68. The van der Waals surface area contributed by atoms with Crippen LogP contribution in [0.25, 0.3) is 11.6 Å². The summed E-state index contributed by atoms with van der Waals surface area (Å²) < 4.78 is 27.1. The van der Waals surface area contributed by atoms with Gasteiger partial charge in [-0.3, -0.25) is 14.8 Å². The van der Waals surface area contributed by atoms with E-state index in [0.29, 0.717) is 35.2 Å². The molecule has 3 aromatic rings. The minimum atomic E-state index is -0.986. The average Bonchev–Trinajstić information content (AvgIpc) is 2.83. The van der Waals surface area contributed by atoms with Crippen molar-refractivity contribution in [3.8, 4) is 0 Å². The molecule has 0 fully saturated rings. The predicted octanol–water partition coefficient (Wildman–Crippen LogP) is 4.21. The Morgan fingerprint density at radius 2 is 1.69 bits per heavy atom. The Labute approximate surface area is 183 Å². The zero-order valence-electron chi connectivity index (χ0n) is 17.0. The molecule has 0 atom stereocenters. The van der Waals surface area contributed by atoms with Crippen LogP contribution in [0, 0.1) is 11.6 Å². The van der Waals surface area contributed by atoms with E-state index in [9.17, 15) is 18.4 Å². The molecular weight excluding hydrogens is 414 g/mol. The van der Waals surface area contributed by atoms with Crippen molar-refractivity contribution in [2.45, 2.75) is 13.0 Å². The first kappa shape index (κ1) is 21.4. The molecule has 0 aliphatic carbocycles. The lowest BCUT2D eigenvalue weighted by atomic mass is 9.95. The zero-order valence-corrected chi connectivity index (χ0v) is 17.0. The van der Waals surface area contributed by atoms with Crippen molar-refractivity contribution in [2.24, 2.45) is 0 Å². The van der Waals surface area contributed by atoms with Crippen LogP contribution in [0.1, 0.15) is 32.6 Å². The maximum Gasteiger partial charge on any atom is 0.274 e. The summed E-state index contributed by atoms with van der Waals surface area (Å²) in [4.78, 5) is 26.9. The second-order valence-corrected chi connectivity index (χ2v) is 7.50. The molecule has 2 N–H and O–H groups in total. The number of fused-ring (bicyclic) bond motifs is 1. The van der Waals surface area contributed by atoms with Gasteiger partial charge in [0.1, 0.15) is 0 Å². The average molecular weight is 434 g/mol. The van der Waals surface area contributed by atoms with E-state index < -0.39 is 17.5 Å². The molecule has 1 aliphatic heterocycles. The van der Waals surface area contributed by atoms with Gasteiger partial charge in [-0.05, 0) is 59.0 Å². The molecular formula is C25H20F2N2O3. The molecule has 5 nitrogen and oxygen atoms in total. The third-order valence-electron chi connectivity index (χ3n) is 5.44. The molecule has 4 rings (SSSR count). The quantitative estimate of drug-likeness (QED) is 0.280. The highest BCUT2D eigenvalue weighted by Gasteiger charge is 2.25. The SMILES string of the molecule is O=C(NO)c1ccc2c(c1)CN(C(=O)/C(=C/c1ccc(F)c(F)c1)c1ccccc1)CC2. The summed E-state index contributed by atoms with van der Waals surface area (Å²) in [5.74, 6) is -2.83. The molecule has 3 aromatic carbocycles. The fraction of sp³-hybridized carbons (Fsp3) is 0.120. The summed E-state index contributed by atoms with van der Waals surface area (Å²) >= 11 is 0. The van der Waals surface area contributed by atoms with E-state index in [2.05, 4.69) is 0 Å². The van der Waals surface area contributed by atoms with E-state index in [-0.39, 0.29) is 12.5 Å². The van der Waals surface area contributed by atoms with Crippen LogP contribution in [0.3, 0.4) is 0 Å². The minimum Gasteiger partial charge on any atom is -0.334 e. The summed E-state index contributed by atoms with van der Waals surface area (Å²) in [6, 6.07) is 17.6. The molecule has 2 amide bonds. The van der Waals surface area contributed by atoms with Crippen molar-refractivity contribution in [2.75, 3.05) is 6.54 Å². The Kier molecular flexibility index (Phi) is 6.09. The van der Waals surface area contributed by atoms with E-state index in [1.54, 1.807) is 52.9 Å². The van der Waals surface area contributed by atoms with E-state index in [4.69, 9.17) is 5.21 Å². The molecule has 32 heavy (non-hydrogen) atoms. The Hall–Kier alpha value is -3.84. The molecule has 0 spiro atoms. The lowest BCUT2D eigenvalue weighted by molar-refractivity contribution is -0.125. The summed E-state index contributed by atoms with van der Waals surface area (Å²) in [5, 5.41) is 8.89. The smallest absolute Gasteiger partial charge is 0.274 e. The second-order valence-electron chi connectivity index (χ2n) is 7.50. The van der Waals surface area contributed by atoms with Crippen LogP contribution >= 0.6 is 0 Å². The third-order valence-corrected chi connectivity index (χ3v) is 5.44. The highest BCUT2D eigenvalue weighted by molar-refractivity contribution is 6.24. The van der Waals surface area contributed by atoms with Crippen LogP contribution < -0.4 is 5.48 Å². The number of benzene rings is 3. The molecule has 0 radical (unpaired) electrons. The summed E-state index contributed by atoms with van der Waals surface area (Å²) in [6.45, 7) is 0.752. The van der Waals surface area contributed by atoms with Crippen LogP contribution in [-0.2, 0) is 17.8 Å². The topological polar surface area (TPSA) is 69.6 Å². The Morgan fingerprint density at radius 1 is 0.906 bits per heavy atom. The highest BCUT2D eigenvalue weighted by Crippen LogP contribution is 2.26. The van der Waals surface area contributed by atoms with Crippen molar-refractivity contribution in [3.63, 3.8) is 0 Å². The fourth-order valence-corrected chi connectivity index (χ4v) is 3.76. The fourth-order valence-electron chi connectivity index (χ4n) is 3.76. The van der Waals surface area contributed by atoms with Crippen molar-refractivity contribution >= 4 is 23.5 Å². The second kappa shape index (κ2) is 9.11. The minimum absolute atomic E-state index is 0.261. The van der Waals surface area contributed by atoms with Gasteiger partial charge in [0.05, 0.1) is 0 Å². The van der Waals surface area contributed by atoms with Crippen LogP contribution in [0.4, 0.5) is 8.78 Å². The normalized spacial score (nSPS) is 13.5. The van der Waals surface area contributed by atoms with E-state index >= 15 is 0 Å². The van der Waals surface area contributed by atoms with Gasteiger partial charge in [-0.15, -0.1) is 0 Å². The van der Waals surface area contributed by atoms with Gasteiger partial charge in [-0.2, -0.15) is 0 Å².